The van der Waals surface area contributed by atoms with Gasteiger partial charge in [0, 0.05) is 25.7 Å². The Morgan fingerprint density at radius 1 is 1.28 bits per heavy atom. The molecule has 3 N–H and O–H groups in total. The lowest BCUT2D eigenvalue weighted by Crippen LogP contribution is -2.39. The number of urea groups is 1. The van der Waals surface area contributed by atoms with Crippen molar-refractivity contribution in [2.75, 3.05) is 13.1 Å². The molecule has 29 heavy (non-hydrogen) atoms. The lowest BCUT2D eigenvalue weighted by Gasteiger charge is -2.18. The Hall–Kier alpha value is -2.44. The molecule has 1 atom stereocenters. The largest absolute Gasteiger partial charge is 0.351 e. The summed E-state index contributed by atoms with van der Waals surface area (Å²) in [5.74, 6) is -0.0917. The molecule has 1 aromatic heterocycles. The van der Waals surface area contributed by atoms with E-state index in [1.165, 1.54) is 4.31 Å². The molecule has 0 aliphatic rings. The van der Waals surface area contributed by atoms with Crippen LogP contribution in [0.4, 0.5) is 4.79 Å². The monoisotopic (exact) mass is 440 g/mol. The zero-order chi connectivity index (χ0) is 21.8. The fourth-order valence-corrected chi connectivity index (χ4v) is 4.93. The van der Waals surface area contributed by atoms with Gasteiger partial charge in [-0.1, -0.05) is 37.7 Å². The number of amides is 3. The average molecular weight is 441 g/mol. The van der Waals surface area contributed by atoms with Crippen LogP contribution in [0.5, 0.6) is 0 Å². The van der Waals surface area contributed by atoms with E-state index in [9.17, 15) is 18.0 Å². The molecule has 12 heteroatoms. The summed E-state index contributed by atoms with van der Waals surface area (Å²) in [5, 5.41) is 10.0. The SMILES string of the molecule is CCN(CC)S(=O)(=O)c1cccc(-c2nnc(SC(C)C(=O)NC(N)=O)n2C)c1. The predicted octanol–water partition coefficient (Wildman–Crippen LogP) is 1.19. The van der Waals surface area contributed by atoms with Crippen LogP contribution in [0.2, 0.25) is 0 Å². The molecule has 158 valence electrons. The Balaban J connectivity index is 2.31. The molecule has 0 bridgehead atoms. The number of hydrogen-bond acceptors (Lipinski definition) is 7. The third kappa shape index (κ3) is 5.14. The van der Waals surface area contributed by atoms with Gasteiger partial charge in [0.05, 0.1) is 10.1 Å². The number of nitrogens with one attached hydrogen (secondary N) is 1. The molecule has 10 nitrogen and oxygen atoms in total. The Labute approximate surface area is 173 Å². The summed E-state index contributed by atoms with van der Waals surface area (Å²) < 4.78 is 28.6. The van der Waals surface area contributed by atoms with Gasteiger partial charge < -0.3 is 10.3 Å². The minimum Gasteiger partial charge on any atom is -0.351 e. The lowest BCUT2D eigenvalue weighted by atomic mass is 10.2. The van der Waals surface area contributed by atoms with Crippen molar-refractivity contribution in [3.05, 3.63) is 24.3 Å². The highest BCUT2D eigenvalue weighted by Crippen LogP contribution is 2.27. The molecule has 0 spiro atoms. The predicted molar refractivity (Wildman–Crippen MR) is 110 cm³/mol. The number of hydrogen-bond donors (Lipinski definition) is 2. The van der Waals surface area contributed by atoms with Crippen LogP contribution in [0, 0.1) is 0 Å². The van der Waals surface area contributed by atoms with Gasteiger partial charge in [-0.2, -0.15) is 4.31 Å². The average Bonchev–Trinajstić information content (AvgIpc) is 3.02. The van der Waals surface area contributed by atoms with Gasteiger partial charge in [0.2, 0.25) is 15.9 Å². The highest BCUT2D eigenvalue weighted by molar-refractivity contribution is 8.00. The van der Waals surface area contributed by atoms with Crippen LogP contribution >= 0.6 is 11.8 Å². The number of carbonyl (C=O) groups is 2. The van der Waals surface area contributed by atoms with Crippen molar-refractivity contribution >= 4 is 33.7 Å². The highest BCUT2D eigenvalue weighted by atomic mass is 32.2. The van der Waals surface area contributed by atoms with Crippen LogP contribution in [-0.2, 0) is 21.9 Å². The van der Waals surface area contributed by atoms with Crippen molar-refractivity contribution in [3.8, 4) is 11.4 Å². The van der Waals surface area contributed by atoms with Crippen LogP contribution in [0.1, 0.15) is 20.8 Å². The first-order valence-electron chi connectivity index (χ1n) is 8.88. The summed E-state index contributed by atoms with van der Waals surface area (Å²) in [5.41, 5.74) is 5.54. The summed E-state index contributed by atoms with van der Waals surface area (Å²) in [6, 6.07) is 5.56. The van der Waals surface area contributed by atoms with Gasteiger partial charge in [-0.05, 0) is 19.1 Å². The minimum atomic E-state index is -3.61. The van der Waals surface area contributed by atoms with E-state index in [1.807, 2.05) is 5.32 Å². The molecular formula is C17H24N6O4S2. The van der Waals surface area contributed by atoms with Crippen LogP contribution in [0.25, 0.3) is 11.4 Å². The first-order valence-corrected chi connectivity index (χ1v) is 11.2. The molecule has 0 radical (unpaired) electrons. The van der Waals surface area contributed by atoms with Crippen LogP contribution < -0.4 is 11.1 Å². The normalized spacial score (nSPS) is 12.7. The second-order valence-corrected chi connectivity index (χ2v) is 9.34. The molecule has 1 unspecified atom stereocenters. The van der Waals surface area contributed by atoms with Gasteiger partial charge >= 0.3 is 6.03 Å². The topological polar surface area (TPSA) is 140 Å². The summed E-state index contributed by atoms with van der Waals surface area (Å²) >= 11 is 1.10. The van der Waals surface area contributed by atoms with Crippen molar-refractivity contribution in [1.82, 2.24) is 24.4 Å². The first kappa shape index (κ1) is 22.8. The van der Waals surface area contributed by atoms with Crippen LogP contribution in [0.3, 0.4) is 0 Å². The first-order chi connectivity index (χ1) is 13.6. The molecule has 0 aliphatic heterocycles. The number of imide groups is 1. The maximum atomic E-state index is 12.8. The van der Waals surface area contributed by atoms with E-state index in [-0.39, 0.29) is 4.90 Å². The Bertz CT molecular complexity index is 1000. The van der Waals surface area contributed by atoms with E-state index >= 15 is 0 Å². The second-order valence-electron chi connectivity index (χ2n) is 6.10. The number of benzene rings is 1. The van der Waals surface area contributed by atoms with E-state index in [0.717, 1.165) is 11.8 Å². The molecule has 0 aliphatic carbocycles. The third-order valence-electron chi connectivity index (χ3n) is 4.17. The third-order valence-corrected chi connectivity index (χ3v) is 7.35. The van der Waals surface area contributed by atoms with Crippen molar-refractivity contribution < 1.29 is 18.0 Å². The molecule has 3 amide bonds. The summed E-state index contributed by atoms with van der Waals surface area (Å²) in [6.45, 7) is 5.92. The van der Waals surface area contributed by atoms with Crippen LogP contribution in [-0.4, -0.2) is 57.8 Å². The smallest absolute Gasteiger partial charge is 0.318 e. The fraction of sp³-hybridized carbons (Fsp3) is 0.412. The summed E-state index contributed by atoms with van der Waals surface area (Å²) in [4.78, 5) is 22.9. The van der Waals surface area contributed by atoms with Gasteiger partial charge in [0.1, 0.15) is 0 Å². The van der Waals surface area contributed by atoms with E-state index < -0.39 is 27.2 Å². The van der Waals surface area contributed by atoms with Gasteiger partial charge in [-0.15, -0.1) is 10.2 Å². The molecule has 2 rings (SSSR count). The fourth-order valence-electron chi connectivity index (χ4n) is 2.61. The standard InChI is InChI=1S/C17H24N6O4S2/c1-5-23(6-2)29(26,27)13-9-7-8-12(10-13)14-20-21-17(22(14)4)28-11(3)15(24)19-16(18)25/h7-11H,5-6H2,1-4H3,(H3,18,19,24,25). The van der Waals surface area contributed by atoms with Crippen molar-refractivity contribution in [2.24, 2.45) is 12.8 Å². The van der Waals surface area contributed by atoms with Crippen molar-refractivity contribution in [2.45, 2.75) is 36.1 Å². The zero-order valence-electron chi connectivity index (χ0n) is 16.6. The lowest BCUT2D eigenvalue weighted by molar-refractivity contribution is -0.119. The number of aromatic nitrogens is 3. The van der Waals surface area contributed by atoms with Gasteiger partial charge in [0.15, 0.2) is 11.0 Å². The van der Waals surface area contributed by atoms with E-state index in [0.29, 0.717) is 29.6 Å². The zero-order valence-corrected chi connectivity index (χ0v) is 18.2. The van der Waals surface area contributed by atoms with E-state index in [1.54, 1.807) is 56.7 Å². The molecule has 1 aromatic carbocycles. The maximum absolute atomic E-state index is 12.8. The van der Waals surface area contributed by atoms with Crippen LogP contribution in [0.15, 0.2) is 34.3 Å². The minimum absolute atomic E-state index is 0.171. The molecule has 0 saturated carbocycles. The summed E-state index contributed by atoms with van der Waals surface area (Å²) in [6.07, 6.45) is 0. The Kier molecular flexibility index (Phi) is 7.38. The van der Waals surface area contributed by atoms with Gasteiger partial charge in [-0.3, -0.25) is 10.1 Å². The van der Waals surface area contributed by atoms with Gasteiger partial charge in [0.25, 0.3) is 0 Å². The number of carbonyl (C=O) groups excluding carboxylic acids is 2. The summed E-state index contributed by atoms with van der Waals surface area (Å²) in [7, 11) is -1.90. The highest BCUT2D eigenvalue weighted by Gasteiger charge is 2.24. The molecule has 0 fully saturated rings. The number of rotatable bonds is 8. The number of sulfonamides is 1. The molecule has 1 heterocycles. The van der Waals surface area contributed by atoms with E-state index in [4.69, 9.17) is 5.73 Å². The molecule has 0 saturated heterocycles. The molecular weight excluding hydrogens is 416 g/mol. The van der Waals surface area contributed by atoms with E-state index in [2.05, 4.69) is 10.2 Å². The van der Waals surface area contributed by atoms with Crippen molar-refractivity contribution in [1.29, 1.82) is 0 Å². The quantitative estimate of drug-likeness (QED) is 0.587. The number of thioether (sulfide) groups is 1. The Morgan fingerprint density at radius 3 is 2.52 bits per heavy atom. The maximum Gasteiger partial charge on any atom is 0.318 e. The van der Waals surface area contributed by atoms with Gasteiger partial charge in [-0.25, -0.2) is 13.2 Å². The number of primary amides is 1. The Morgan fingerprint density at radius 2 is 1.93 bits per heavy atom. The van der Waals surface area contributed by atoms with Crippen molar-refractivity contribution in [3.63, 3.8) is 0 Å². The second kappa shape index (κ2) is 9.37. The molecule has 2 aromatic rings. The number of nitrogens with zero attached hydrogens (tertiary/aromatic N) is 4. The number of nitrogens with two attached hydrogens (primary N) is 1.